The number of anilines is 1. The van der Waals surface area contributed by atoms with Gasteiger partial charge in [0.25, 0.3) is 5.69 Å². The maximum atomic E-state index is 12.6. The molecule has 29 heavy (non-hydrogen) atoms. The summed E-state index contributed by atoms with van der Waals surface area (Å²) in [7, 11) is 1.78. The molecule has 1 N–H and O–H groups in total. The van der Waals surface area contributed by atoms with E-state index in [9.17, 15) is 14.9 Å². The number of halogens is 1. The fourth-order valence-electron chi connectivity index (χ4n) is 2.85. The molecule has 9 nitrogen and oxygen atoms in total. The Bertz CT molecular complexity index is 1020. The van der Waals surface area contributed by atoms with Crippen molar-refractivity contribution in [1.29, 1.82) is 0 Å². The molecule has 0 aliphatic heterocycles. The van der Waals surface area contributed by atoms with Crippen LogP contribution in [-0.2, 0) is 4.79 Å². The van der Waals surface area contributed by atoms with E-state index in [0.717, 1.165) is 5.56 Å². The molecule has 0 spiro atoms. The molecule has 0 unspecified atom stereocenters. The van der Waals surface area contributed by atoms with Crippen molar-refractivity contribution in [1.82, 2.24) is 19.7 Å². The van der Waals surface area contributed by atoms with Gasteiger partial charge in [-0.1, -0.05) is 23.7 Å². The van der Waals surface area contributed by atoms with Crippen LogP contribution in [0.1, 0.15) is 18.5 Å². The van der Waals surface area contributed by atoms with Crippen molar-refractivity contribution in [3.8, 4) is 5.69 Å². The number of amides is 1. The molecule has 150 valence electrons. The number of hydrogen-bond donors (Lipinski definition) is 1. The minimum absolute atomic E-state index is 0.0172. The number of carbonyl (C=O) groups is 1. The Balaban J connectivity index is 1.72. The molecule has 0 saturated carbocycles. The lowest BCUT2D eigenvalue weighted by Crippen LogP contribution is -2.32. The van der Waals surface area contributed by atoms with Gasteiger partial charge in [0.2, 0.25) is 5.91 Å². The summed E-state index contributed by atoms with van der Waals surface area (Å²) in [5, 5.41) is 18.4. The van der Waals surface area contributed by atoms with E-state index in [2.05, 4.69) is 15.4 Å². The lowest BCUT2D eigenvalue weighted by Gasteiger charge is -2.24. The highest BCUT2D eigenvalue weighted by Crippen LogP contribution is 2.25. The Hall–Kier alpha value is -3.30. The van der Waals surface area contributed by atoms with Crippen LogP contribution in [0.4, 0.5) is 11.4 Å². The second-order valence-electron chi connectivity index (χ2n) is 6.49. The summed E-state index contributed by atoms with van der Waals surface area (Å²) < 4.78 is 1.53. The average molecular weight is 415 g/mol. The molecule has 1 aromatic heterocycles. The molecule has 0 radical (unpaired) electrons. The zero-order valence-corrected chi connectivity index (χ0v) is 16.6. The number of nitro benzene ring substituents is 1. The lowest BCUT2D eigenvalue weighted by molar-refractivity contribution is -0.384. The van der Waals surface area contributed by atoms with Gasteiger partial charge in [-0.15, -0.1) is 0 Å². The van der Waals surface area contributed by atoms with E-state index in [1.807, 2.05) is 6.92 Å². The number of aromatic nitrogens is 3. The molecule has 1 amide bonds. The highest BCUT2D eigenvalue weighted by molar-refractivity contribution is 6.31. The largest absolute Gasteiger partial charge is 0.323 e. The number of non-ortho nitro benzene ring substituents is 1. The van der Waals surface area contributed by atoms with E-state index < -0.39 is 4.92 Å². The first kappa shape index (κ1) is 20.4. The number of carbonyl (C=O) groups excluding carboxylic acids is 1. The first-order chi connectivity index (χ1) is 13.8. The Morgan fingerprint density at radius 2 is 2.14 bits per heavy atom. The molecule has 0 aliphatic carbocycles. The molecule has 1 atom stereocenters. The summed E-state index contributed by atoms with van der Waals surface area (Å²) in [5.41, 5.74) is 1.91. The third kappa shape index (κ3) is 4.95. The molecule has 3 rings (SSSR count). The van der Waals surface area contributed by atoms with E-state index in [0.29, 0.717) is 16.4 Å². The molecule has 0 aliphatic rings. The standard InChI is InChI=1S/C19H19ClN6O3/c1-13(14-4-3-5-16(8-14)26(28)29)24(2)10-19(27)23-17-9-15(20)6-7-18(17)25-12-21-11-22-25/h3-9,11-13H,10H2,1-2H3,(H,23,27)/t13-/m0/s1. The molecule has 0 saturated heterocycles. The summed E-state index contributed by atoms with van der Waals surface area (Å²) in [4.78, 5) is 28.9. The maximum Gasteiger partial charge on any atom is 0.269 e. The number of nitrogens with one attached hydrogen (secondary N) is 1. The van der Waals surface area contributed by atoms with Gasteiger partial charge in [0.05, 0.1) is 22.8 Å². The lowest BCUT2D eigenvalue weighted by atomic mass is 10.1. The van der Waals surface area contributed by atoms with Crippen LogP contribution in [0.5, 0.6) is 0 Å². The molecular formula is C19H19ClN6O3. The molecular weight excluding hydrogens is 396 g/mol. The van der Waals surface area contributed by atoms with Gasteiger partial charge < -0.3 is 5.32 Å². The molecule has 3 aromatic rings. The van der Waals surface area contributed by atoms with Gasteiger partial charge in [-0.3, -0.25) is 19.8 Å². The Kier molecular flexibility index (Phi) is 6.20. The molecule has 10 heteroatoms. The fraction of sp³-hybridized carbons (Fsp3) is 0.211. The predicted octanol–water partition coefficient (Wildman–Crippen LogP) is 3.46. The topological polar surface area (TPSA) is 106 Å². The molecule has 0 fully saturated rings. The van der Waals surface area contributed by atoms with E-state index in [4.69, 9.17) is 11.6 Å². The first-order valence-electron chi connectivity index (χ1n) is 8.74. The maximum absolute atomic E-state index is 12.6. The van der Waals surface area contributed by atoms with Crippen molar-refractivity contribution >= 4 is 28.9 Å². The van der Waals surface area contributed by atoms with Gasteiger partial charge in [-0.2, -0.15) is 5.10 Å². The molecule has 2 aromatic carbocycles. The van der Waals surface area contributed by atoms with Crippen molar-refractivity contribution < 1.29 is 9.72 Å². The predicted molar refractivity (Wildman–Crippen MR) is 109 cm³/mol. The van der Waals surface area contributed by atoms with E-state index in [1.54, 1.807) is 42.3 Å². The fourth-order valence-corrected chi connectivity index (χ4v) is 3.02. The van der Waals surface area contributed by atoms with E-state index in [-0.39, 0.29) is 24.2 Å². The van der Waals surface area contributed by atoms with E-state index >= 15 is 0 Å². The minimum atomic E-state index is -0.437. The SMILES string of the molecule is C[C@@H](c1cccc([N+](=O)[O-])c1)N(C)CC(=O)Nc1cc(Cl)ccc1-n1cncn1. The Morgan fingerprint density at radius 1 is 1.34 bits per heavy atom. The normalized spacial score (nSPS) is 12.0. The number of hydrogen-bond acceptors (Lipinski definition) is 6. The van der Waals surface area contributed by atoms with Crippen LogP contribution >= 0.6 is 11.6 Å². The summed E-state index contributed by atoms with van der Waals surface area (Å²) >= 11 is 6.08. The molecule has 1 heterocycles. The van der Waals surface area contributed by atoms with Crippen molar-refractivity contribution in [2.24, 2.45) is 0 Å². The Morgan fingerprint density at radius 3 is 2.83 bits per heavy atom. The van der Waals surface area contributed by atoms with Gasteiger partial charge in [-0.05, 0) is 37.7 Å². The Labute approximate surface area is 172 Å². The van der Waals surface area contributed by atoms with Gasteiger partial charge in [-0.25, -0.2) is 9.67 Å². The average Bonchev–Trinajstić information content (AvgIpc) is 3.22. The quantitative estimate of drug-likeness (QED) is 0.468. The van der Waals surface area contributed by atoms with Crippen molar-refractivity contribution in [2.75, 3.05) is 18.9 Å². The minimum Gasteiger partial charge on any atom is -0.323 e. The van der Waals surface area contributed by atoms with Gasteiger partial charge in [0.1, 0.15) is 12.7 Å². The number of nitro groups is 1. The third-order valence-electron chi connectivity index (χ3n) is 4.52. The van der Waals surface area contributed by atoms with Crippen LogP contribution in [0.3, 0.4) is 0 Å². The zero-order valence-electron chi connectivity index (χ0n) is 15.8. The summed E-state index contributed by atoms with van der Waals surface area (Å²) in [6.07, 6.45) is 2.92. The second-order valence-corrected chi connectivity index (χ2v) is 6.93. The second kappa shape index (κ2) is 8.80. The van der Waals surface area contributed by atoms with Crippen LogP contribution < -0.4 is 5.32 Å². The van der Waals surface area contributed by atoms with Crippen molar-refractivity contribution in [3.63, 3.8) is 0 Å². The summed E-state index contributed by atoms with van der Waals surface area (Å²) in [6, 6.07) is 11.3. The monoisotopic (exact) mass is 414 g/mol. The summed E-state index contributed by atoms with van der Waals surface area (Å²) in [5.74, 6) is -0.256. The number of nitrogens with zero attached hydrogens (tertiary/aromatic N) is 5. The van der Waals surface area contributed by atoms with Gasteiger partial charge in [0.15, 0.2) is 0 Å². The number of likely N-dealkylation sites (N-methyl/N-ethyl adjacent to an activating group) is 1. The van der Waals surface area contributed by atoms with Crippen molar-refractivity contribution in [2.45, 2.75) is 13.0 Å². The van der Waals surface area contributed by atoms with E-state index in [1.165, 1.54) is 29.5 Å². The molecule has 0 bridgehead atoms. The van der Waals surface area contributed by atoms with Crippen LogP contribution in [0.25, 0.3) is 5.69 Å². The highest BCUT2D eigenvalue weighted by atomic mass is 35.5. The van der Waals surface area contributed by atoms with Gasteiger partial charge >= 0.3 is 0 Å². The highest BCUT2D eigenvalue weighted by Gasteiger charge is 2.18. The summed E-state index contributed by atoms with van der Waals surface area (Å²) in [6.45, 7) is 1.96. The number of rotatable bonds is 7. The van der Waals surface area contributed by atoms with Crippen LogP contribution in [0, 0.1) is 10.1 Å². The van der Waals surface area contributed by atoms with Gasteiger partial charge in [0, 0.05) is 23.2 Å². The van der Waals surface area contributed by atoms with Crippen LogP contribution in [0.15, 0.2) is 55.1 Å². The first-order valence-corrected chi connectivity index (χ1v) is 9.12. The van der Waals surface area contributed by atoms with Crippen LogP contribution in [-0.4, -0.2) is 44.1 Å². The van der Waals surface area contributed by atoms with Crippen LogP contribution in [0.2, 0.25) is 5.02 Å². The zero-order chi connectivity index (χ0) is 21.0. The number of benzene rings is 2. The van der Waals surface area contributed by atoms with Crippen molar-refractivity contribution in [3.05, 3.63) is 75.8 Å². The smallest absolute Gasteiger partial charge is 0.269 e. The third-order valence-corrected chi connectivity index (χ3v) is 4.75.